The predicted molar refractivity (Wildman–Crippen MR) is 213 cm³/mol. The molecule has 6 aromatic rings. The molecule has 8 rings (SSSR count). The second-order valence-corrected chi connectivity index (χ2v) is 94.1. The molecular formula is C46H48HfSi. The van der Waals surface area contributed by atoms with Crippen molar-refractivity contribution in [3.8, 4) is 22.3 Å². The molecule has 0 saturated heterocycles. The Hall–Kier alpha value is -3.59. The molecule has 240 valence electrons. The molecule has 0 aliphatic heterocycles. The molecule has 6 aromatic carbocycles. The molecule has 2 unspecified atom stereocenters. The van der Waals surface area contributed by atoms with Crippen molar-refractivity contribution >= 4 is 40.6 Å². The molecule has 0 nitrogen and oxygen atoms in total. The first kappa shape index (κ1) is 31.7. The quantitative estimate of drug-likeness (QED) is 0.147. The first-order chi connectivity index (χ1) is 22.8. The summed E-state index contributed by atoms with van der Waals surface area (Å²) in [6, 6.07) is 45.7. The molecular weight excluding hydrogens is 759 g/mol. The van der Waals surface area contributed by atoms with E-state index in [0.29, 0.717) is 14.7 Å². The molecule has 0 amide bonds. The molecule has 0 aromatic heterocycles. The number of hydrogen-bond acceptors (Lipinski definition) is 0. The summed E-state index contributed by atoms with van der Waals surface area (Å²) >= 11 is -5.26. The van der Waals surface area contributed by atoms with Gasteiger partial charge in [0.2, 0.25) is 0 Å². The molecule has 0 N–H and O–H groups in total. The van der Waals surface area contributed by atoms with Crippen LogP contribution in [0.25, 0.3) is 56.0 Å². The third-order valence-electron chi connectivity index (χ3n) is 15.9. The fraction of sp³-hybridized carbons (Fsp3) is 0.217. The average Bonchev–Trinajstić information content (AvgIpc) is 3.75. The van der Waals surface area contributed by atoms with Gasteiger partial charge in [-0.1, -0.05) is 0 Å². The number of allylic oxidation sites excluding steroid dienone is 2. The Balaban J connectivity index is 1.35. The number of fused-ring (bicyclic) bond motifs is 4. The van der Waals surface area contributed by atoms with Crippen LogP contribution in [0.2, 0.25) is 16.7 Å². The van der Waals surface area contributed by atoms with Crippen LogP contribution in [0.15, 0.2) is 133 Å². The van der Waals surface area contributed by atoms with Crippen molar-refractivity contribution in [2.45, 2.75) is 51.8 Å². The third-order valence-corrected chi connectivity index (χ3v) is 96.7. The van der Waals surface area contributed by atoms with E-state index in [1.54, 1.807) is 0 Å². The van der Waals surface area contributed by atoms with Crippen LogP contribution in [-0.2, 0) is 14.2 Å². The summed E-state index contributed by atoms with van der Waals surface area (Å²) in [6.45, 7) is 12.8. The molecule has 2 heteroatoms. The van der Waals surface area contributed by atoms with E-state index in [4.69, 9.17) is 0 Å². The second-order valence-electron chi connectivity index (χ2n) is 18.1. The van der Waals surface area contributed by atoms with E-state index in [0.717, 1.165) is 0 Å². The normalized spacial score (nSPS) is 19.3. The zero-order chi connectivity index (χ0) is 33.6. The fourth-order valence-corrected chi connectivity index (χ4v) is 51.3. The topological polar surface area (TPSA) is 0 Å². The van der Waals surface area contributed by atoms with E-state index >= 15 is 0 Å². The Morgan fingerprint density at radius 2 is 0.875 bits per heavy atom. The van der Waals surface area contributed by atoms with Crippen molar-refractivity contribution in [1.82, 2.24) is 0 Å². The Morgan fingerprint density at radius 3 is 1.27 bits per heavy atom. The van der Waals surface area contributed by atoms with E-state index in [-0.39, 0.29) is 0 Å². The van der Waals surface area contributed by atoms with Gasteiger partial charge in [-0.15, -0.1) is 0 Å². The van der Waals surface area contributed by atoms with Crippen molar-refractivity contribution in [3.63, 3.8) is 0 Å². The summed E-state index contributed by atoms with van der Waals surface area (Å²) in [5.41, 5.74) is 11.2. The van der Waals surface area contributed by atoms with Gasteiger partial charge in [-0.2, -0.15) is 0 Å². The van der Waals surface area contributed by atoms with Crippen LogP contribution < -0.4 is 0 Å². The van der Waals surface area contributed by atoms with Gasteiger partial charge < -0.3 is 0 Å². The van der Waals surface area contributed by atoms with Gasteiger partial charge in [-0.25, -0.2) is 0 Å². The fourth-order valence-electron chi connectivity index (χ4n) is 10.4. The molecule has 2 aliphatic carbocycles. The van der Waals surface area contributed by atoms with Crippen LogP contribution in [0, 0.1) is 0 Å². The van der Waals surface area contributed by atoms with Crippen molar-refractivity contribution < 1.29 is 14.2 Å². The Morgan fingerprint density at radius 1 is 0.479 bits per heavy atom. The minimum atomic E-state index is -5.26. The zero-order valence-electron chi connectivity index (χ0n) is 29.4. The van der Waals surface area contributed by atoms with Gasteiger partial charge in [0.15, 0.2) is 0 Å². The second kappa shape index (κ2) is 9.77. The first-order valence-corrected chi connectivity index (χ1v) is 41.7. The van der Waals surface area contributed by atoms with Crippen LogP contribution >= 0.6 is 0 Å². The van der Waals surface area contributed by atoms with Crippen molar-refractivity contribution in [3.05, 3.63) is 156 Å². The summed E-state index contributed by atoms with van der Waals surface area (Å²) < 4.78 is 7.51. The average molecular weight is 807 g/mol. The van der Waals surface area contributed by atoms with E-state index in [9.17, 15) is 0 Å². The molecule has 2 atom stereocenters. The molecule has 0 radical (unpaired) electrons. The number of hydrogen-bond donors (Lipinski definition) is 0. The minimum absolute atomic E-state index is 0.368. The molecule has 0 spiro atoms. The van der Waals surface area contributed by atoms with Crippen molar-refractivity contribution in [1.29, 1.82) is 0 Å². The maximum absolute atomic E-state index is 5.26. The summed E-state index contributed by atoms with van der Waals surface area (Å²) in [5, 5.41) is 5.18. The Bertz CT molecular complexity index is 2340. The maximum atomic E-state index is 2.87. The van der Waals surface area contributed by atoms with Gasteiger partial charge in [0, 0.05) is 0 Å². The summed E-state index contributed by atoms with van der Waals surface area (Å²) in [6.07, 6.45) is 10.3. The number of rotatable bonds is 6. The van der Waals surface area contributed by atoms with Gasteiger partial charge in [-0.05, 0) is 0 Å². The first-order valence-electron chi connectivity index (χ1n) is 17.9. The van der Waals surface area contributed by atoms with Crippen LogP contribution in [0.1, 0.15) is 57.3 Å². The predicted octanol–water partition coefficient (Wildman–Crippen LogP) is 13.2. The van der Waals surface area contributed by atoms with Gasteiger partial charge >= 0.3 is 285 Å². The number of benzene rings is 6. The zero-order valence-corrected chi connectivity index (χ0v) is 34.4. The van der Waals surface area contributed by atoms with Crippen molar-refractivity contribution in [2.24, 2.45) is 0 Å². The molecule has 2 aliphatic rings. The summed E-state index contributed by atoms with van der Waals surface area (Å²) in [5.74, 6) is 0. The Labute approximate surface area is 282 Å². The Kier molecular flexibility index (Phi) is 6.44. The van der Waals surface area contributed by atoms with Gasteiger partial charge in [0.1, 0.15) is 0 Å². The van der Waals surface area contributed by atoms with Crippen molar-refractivity contribution in [2.75, 3.05) is 0 Å². The van der Waals surface area contributed by atoms with Crippen LogP contribution in [-0.4, -0.2) is 6.94 Å². The SMILES string of the molecule is C[CH](C)[Hf]([CH3])([CH3])(=[SiH2])([CH](C)C)([CH]1C=Cc2c(-c3ccc4ccccc4c3)cccc21)[CH]1C=Cc2c(-c3ccc4ccccc4c3)cccc21. The van der Waals surface area contributed by atoms with E-state index in [2.05, 4.69) is 190 Å². The van der Waals surface area contributed by atoms with Crippen LogP contribution in [0.4, 0.5) is 0 Å². The van der Waals surface area contributed by atoms with Crippen LogP contribution in [0.5, 0.6) is 0 Å². The summed E-state index contributed by atoms with van der Waals surface area (Å²) in [7, 11) is 0. The molecule has 0 heterocycles. The monoisotopic (exact) mass is 808 g/mol. The third kappa shape index (κ3) is 3.80. The summed E-state index contributed by atoms with van der Waals surface area (Å²) in [4.78, 5) is 0. The van der Waals surface area contributed by atoms with E-state index in [1.807, 2.05) is 0 Å². The van der Waals surface area contributed by atoms with Gasteiger partial charge in [0.25, 0.3) is 0 Å². The van der Waals surface area contributed by atoms with E-state index in [1.165, 1.54) is 66.1 Å². The van der Waals surface area contributed by atoms with Gasteiger partial charge in [0.05, 0.1) is 0 Å². The van der Waals surface area contributed by atoms with E-state index < -0.39 is 14.2 Å². The molecule has 0 saturated carbocycles. The van der Waals surface area contributed by atoms with Gasteiger partial charge in [-0.3, -0.25) is 0 Å². The molecule has 0 bridgehead atoms. The molecule has 0 fully saturated rings. The standard InChI is InChI=1S/2C19H13.2C3H7.2CH3.Hf.H2Si/c2*1-2-6-16-13-17(12-11-14(16)5-1)19-10-4-8-15-7-3-9-18(15)19;2*1-3-2;;;;/h2*1-13H;2*3H,1-2H3;2*1H3;;1H2. The molecule has 48 heavy (non-hydrogen) atoms. The van der Waals surface area contributed by atoms with Crippen LogP contribution in [0.3, 0.4) is 0 Å².